The number of piperidine rings is 1. The van der Waals surface area contributed by atoms with E-state index in [9.17, 15) is 4.79 Å². The number of fused-ring (bicyclic) bond motifs is 2. The summed E-state index contributed by atoms with van der Waals surface area (Å²) in [7, 11) is 0. The van der Waals surface area contributed by atoms with Crippen LogP contribution in [0.25, 0.3) is 32.7 Å². The van der Waals surface area contributed by atoms with Crippen molar-refractivity contribution >= 4 is 34.0 Å². The van der Waals surface area contributed by atoms with Crippen LogP contribution in [-0.2, 0) is 4.79 Å². The smallest absolute Gasteiger partial charge is 0.219 e. The number of furan rings is 1. The normalized spacial score (nSPS) is 16.5. The van der Waals surface area contributed by atoms with Crippen LogP contribution >= 0.6 is 11.3 Å². The summed E-state index contributed by atoms with van der Waals surface area (Å²) in [5.41, 5.74) is 8.55. The fourth-order valence-corrected chi connectivity index (χ4v) is 5.42. The Bertz CT molecular complexity index is 1350. The van der Waals surface area contributed by atoms with Crippen molar-refractivity contribution in [1.29, 1.82) is 0 Å². The molecule has 33 heavy (non-hydrogen) atoms. The third kappa shape index (κ3) is 3.41. The molecule has 1 amide bonds. The Morgan fingerprint density at radius 2 is 2.03 bits per heavy atom. The van der Waals surface area contributed by atoms with E-state index in [0.717, 1.165) is 53.1 Å². The molecule has 0 atom stereocenters. The van der Waals surface area contributed by atoms with Crippen LogP contribution in [0.3, 0.4) is 0 Å². The number of carbonyl (C=O) groups excluding carboxylic acids is 1. The van der Waals surface area contributed by atoms with Crippen molar-refractivity contribution < 1.29 is 18.7 Å². The number of carbonyl (C=O) groups is 1. The van der Waals surface area contributed by atoms with Gasteiger partial charge in [-0.3, -0.25) is 9.48 Å². The number of amides is 1. The number of hydrogen-bond acceptors (Lipinski definition) is 8. The van der Waals surface area contributed by atoms with E-state index in [-0.39, 0.29) is 11.9 Å². The highest BCUT2D eigenvalue weighted by Crippen LogP contribution is 2.48. The monoisotopic (exact) mass is 465 g/mol. The number of ether oxygens (including phenoxy) is 2. The SMILES string of the molecule is CC(=O)N1CCC(n2cc(-c3cnc(N)c4oc(-c5scc6c5OCCO6)cc34)cn2)CC1. The molecule has 0 aromatic carbocycles. The highest BCUT2D eigenvalue weighted by atomic mass is 32.1. The van der Waals surface area contributed by atoms with E-state index < -0.39 is 0 Å². The van der Waals surface area contributed by atoms with Gasteiger partial charge in [0.1, 0.15) is 23.9 Å². The Hall–Kier alpha value is -3.53. The maximum absolute atomic E-state index is 11.6. The van der Waals surface area contributed by atoms with Crippen molar-refractivity contribution in [1.82, 2.24) is 19.7 Å². The van der Waals surface area contributed by atoms with Gasteiger partial charge in [0.15, 0.2) is 22.9 Å². The van der Waals surface area contributed by atoms with Gasteiger partial charge in [0.05, 0.1) is 12.2 Å². The molecule has 170 valence electrons. The molecule has 10 heteroatoms. The first-order valence-corrected chi connectivity index (χ1v) is 11.8. The van der Waals surface area contributed by atoms with Crippen LogP contribution in [-0.4, -0.2) is 51.9 Å². The number of likely N-dealkylation sites (tertiary alicyclic amines) is 1. The van der Waals surface area contributed by atoms with E-state index >= 15 is 0 Å². The third-order valence-electron chi connectivity index (χ3n) is 6.31. The van der Waals surface area contributed by atoms with Crippen molar-refractivity contribution in [3.05, 3.63) is 30.0 Å². The molecule has 2 N–H and O–H groups in total. The lowest BCUT2D eigenvalue weighted by Gasteiger charge is -2.31. The Labute approximate surface area is 193 Å². The fraction of sp³-hybridized carbons (Fsp3) is 0.348. The molecule has 0 radical (unpaired) electrons. The molecule has 0 aliphatic carbocycles. The van der Waals surface area contributed by atoms with Gasteiger partial charge in [-0.25, -0.2) is 4.98 Å². The maximum Gasteiger partial charge on any atom is 0.219 e. The number of pyridine rings is 1. The largest absolute Gasteiger partial charge is 0.485 e. The second-order valence-corrected chi connectivity index (χ2v) is 9.19. The van der Waals surface area contributed by atoms with Gasteiger partial charge in [0.2, 0.25) is 5.91 Å². The van der Waals surface area contributed by atoms with Gasteiger partial charge in [0, 0.05) is 54.3 Å². The second kappa shape index (κ2) is 7.80. The van der Waals surface area contributed by atoms with Crippen molar-refractivity contribution in [2.45, 2.75) is 25.8 Å². The van der Waals surface area contributed by atoms with Crippen LogP contribution in [0.4, 0.5) is 5.82 Å². The van der Waals surface area contributed by atoms with Gasteiger partial charge < -0.3 is 24.5 Å². The zero-order valence-corrected chi connectivity index (χ0v) is 18.9. The number of anilines is 1. The van der Waals surface area contributed by atoms with Crippen LogP contribution in [0.5, 0.6) is 11.5 Å². The molecule has 0 saturated carbocycles. The van der Waals surface area contributed by atoms with Crippen molar-refractivity contribution in [3.8, 4) is 33.3 Å². The van der Waals surface area contributed by atoms with E-state index in [2.05, 4.69) is 10.1 Å². The molecule has 4 aromatic rings. The van der Waals surface area contributed by atoms with Crippen LogP contribution in [0.2, 0.25) is 0 Å². The fourth-order valence-electron chi connectivity index (χ4n) is 4.54. The summed E-state index contributed by atoms with van der Waals surface area (Å²) in [4.78, 5) is 18.7. The quantitative estimate of drug-likeness (QED) is 0.488. The molecule has 6 rings (SSSR count). The average molecular weight is 466 g/mol. The number of rotatable bonds is 3. The highest BCUT2D eigenvalue weighted by Gasteiger charge is 2.25. The molecule has 6 heterocycles. The molecule has 4 aromatic heterocycles. The molecule has 1 saturated heterocycles. The van der Waals surface area contributed by atoms with Gasteiger partial charge in [-0.2, -0.15) is 5.10 Å². The van der Waals surface area contributed by atoms with Gasteiger partial charge in [-0.05, 0) is 18.9 Å². The van der Waals surface area contributed by atoms with Gasteiger partial charge >= 0.3 is 0 Å². The van der Waals surface area contributed by atoms with Crippen molar-refractivity contribution in [3.63, 3.8) is 0 Å². The number of aromatic nitrogens is 3. The lowest BCUT2D eigenvalue weighted by molar-refractivity contribution is -0.130. The first-order chi connectivity index (χ1) is 16.1. The predicted molar refractivity (Wildman–Crippen MR) is 124 cm³/mol. The van der Waals surface area contributed by atoms with Gasteiger partial charge in [0.25, 0.3) is 0 Å². The first kappa shape index (κ1) is 20.1. The Morgan fingerprint density at radius 1 is 1.21 bits per heavy atom. The second-order valence-electron chi connectivity index (χ2n) is 8.31. The summed E-state index contributed by atoms with van der Waals surface area (Å²) >= 11 is 1.52. The van der Waals surface area contributed by atoms with Crippen molar-refractivity contribution in [2.75, 3.05) is 32.0 Å². The number of nitrogens with zero attached hydrogens (tertiary/aromatic N) is 4. The van der Waals surface area contributed by atoms with Gasteiger partial charge in [-0.1, -0.05) is 0 Å². The molecule has 2 aliphatic rings. The molecule has 1 fully saturated rings. The van der Waals surface area contributed by atoms with Crippen molar-refractivity contribution in [2.24, 2.45) is 0 Å². The number of hydrogen-bond donors (Lipinski definition) is 1. The zero-order chi connectivity index (χ0) is 22.5. The molecule has 0 spiro atoms. The first-order valence-electron chi connectivity index (χ1n) is 10.9. The summed E-state index contributed by atoms with van der Waals surface area (Å²) in [6.45, 7) is 4.18. The van der Waals surface area contributed by atoms with Crippen LogP contribution < -0.4 is 15.2 Å². The third-order valence-corrected chi connectivity index (χ3v) is 7.26. The molecule has 2 aliphatic heterocycles. The minimum absolute atomic E-state index is 0.129. The standard InChI is InChI=1S/C23H23N5O4S/c1-13(29)27-4-2-15(3-5-27)28-11-14(9-26-28)17-10-25-23(24)20-16(17)8-18(32-20)22-21-19(12-33-22)30-6-7-31-21/h8-12,15H,2-7H2,1H3,(H2,24,25). The number of thiophene rings is 1. The molecule has 9 nitrogen and oxygen atoms in total. The summed E-state index contributed by atoms with van der Waals surface area (Å²) < 4.78 is 19.6. The summed E-state index contributed by atoms with van der Waals surface area (Å²) in [6, 6.07) is 2.25. The average Bonchev–Trinajstić information content (AvgIpc) is 3.57. The van der Waals surface area contributed by atoms with E-state index in [1.165, 1.54) is 11.3 Å². The van der Waals surface area contributed by atoms with Crippen LogP contribution in [0, 0.1) is 0 Å². The number of nitrogen functional groups attached to an aromatic ring is 1. The topological polar surface area (TPSA) is 109 Å². The van der Waals surface area contributed by atoms with E-state index in [1.54, 1.807) is 13.1 Å². The predicted octanol–water partition coefficient (Wildman–Crippen LogP) is 3.96. The lowest BCUT2D eigenvalue weighted by atomic mass is 10.0. The van der Waals surface area contributed by atoms with Gasteiger partial charge in [-0.15, -0.1) is 11.3 Å². The van der Waals surface area contributed by atoms with E-state index in [0.29, 0.717) is 36.1 Å². The summed E-state index contributed by atoms with van der Waals surface area (Å²) in [5, 5.41) is 7.43. The van der Waals surface area contributed by atoms with Crippen LogP contribution in [0.15, 0.2) is 34.5 Å². The molecule has 0 bridgehead atoms. The molecular weight excluding hydrogens is 442 g/mol. The molecular formula is C23H23N5O4S. The zero-order valence-electron chi connectivity index (χ0n) is 18.1. The number of nitrogens with two attached hydrogens (primary N) is 1. The van der Waals surface area contributed by atoms with E-state index in [1.807, 2.05) is 33.4 Å². The van der Waals surface area contributed by atoms with Crippen LogP contribution in [0.1, 0.15) is 25.8 Å². The lowest BCUT2D eigenvalue weighted by Crippen LogP contribution is -2.37. The highest BCUT2D eigenvalue weighted by molar-refractivity contribution is 7.14. The Morgan fingerprint density at radius 3 is 2.85 bits per heavy atom. The summed E-state index contributed by atoms with van der Waals surface area (Å²) in [6.07, 6.45) is 7.42. The van der Waals surface area contributed by atoms with E-state index in [4.69, 9.17) is 19.6 Å². The molecule has 0 unspecified atom stereocenters. The summed E-state index contributed by atoms with van der Waals surface area (Å²) in [5.74, 6) is 2.59. The minimum Gasteiger partial charge on any atom is -0.485 e. The Kier molecular flexibility index (Phi) is 4.75. The Balaban J connectivity index is 1.34. The maximum atomic E-state index is 11.6. The minimum atomic E-state index is 0.129.